The van der Waals surface area contributed by atoms with Gasteiger partial charge in [-0.1, -0.05) is 59.6 Å². The molecular formula is C27H28ClN5O2. The molecule has 1 N–H and O–H groups in total. The van der Waals surface area contributed by atoms with Crippen LogP contribution in [0.15, 0.2) is 67.0 Å². The van der Waals surface area contributed by atoms with Crippen LogP contribution in [0.2, 0.25) is 5.15 Å². The minimum absolute atomic E-state index is 0.286. The molecule has 4 rings (SSSR count). The number of methoxy groups -OCH3 is 1. The SMILES string of the molecule is COc1ccccc1C(NC(=O)/C=C/c1c(C)nn(Cc2ccc(C)cc2)c1Cl)c1nccn1C. The van der Waals surface area contributed by atoms with Gasteiger partial charge in [-0.05, 0) is 31.6 Å². The normalized spacial score (nSPS) is 12.1. The van der Waals surface area contributed by atoms with Crippen molar-refractivity contribution in [2.45, 2.75) is 26.4 Å². The highest BCUT2D eigenvalue weighted by atomic mass is 35.5. The summed E-state index contributed by atoms with van der Waals surface area (Å²) in [5, 5.41) is 8.10. The van der Waals surface area contributed by atoms with E-state index in [1.54, 1.807) is 24.1 Å². The highest BCUT2D eigenvalue weighted by Crippen LogP contribution is 2.29. The van der Waals surface area contributed by atoms with E-state index in [1.165, 1.54) is 11.6 Å². The third-order valence-corrected chi connectivity index (χ3v) is 6.22. The quantitative estimate of drug-likeness (QED) is 0.358. The van der Waals surface area contributed by atoms with Gasteiger partial charge in [0.2, 0.25) is 5.91 Å². The van der Waals surface area contributed by atoms with E-state index in [2.05, 4.69) is 46.6 Å². The van der Waals surface area contributed by atoms with Crippen LogP contribution in [0, 0.1) is 13.8 Å². The molecule has 2 heterocycles. The zero-order chi connectivity index (χ0) is 24.9. The smallest absolute Gasteiger partial charge is 0.244 e. The molecule has 4 aromatic rings. The van der Waals surface area contributed by atoms with Crippen molar-refractivity contribution in [2.75, 3.05) is 7.11 Å². The molecule has 0 radical (unpaired) electrons. The number of rotatable bonds is 8. The van der Waals surface area contributed by atoms with Gasteiger partial charge in [-0.15, -0.1) is 0 Å². The van der Waals surface area contributed by atoms with Gasteiger partial charge in [0.25, 0.3) is 0 Å². The number of carbonyl (C=O) groups excluding carboxylic acids is 1. The van der Waals surface area contributed by atoms with Gasteiger partial charge >= 0.3 is 0 Å². The summed E-state index contributed by atoms with van der Waals surface area (Å²) in [6.07, 6.45) is 6.71. The van der Waals surface area contributed by atoms with Crippen LogP contribution in [-0.2, 0) is 18.4 Å². The van der Waals surface area contributed by atoms with Gasteiger partial charge in [-0.2, -0.15) is 5.10 Å². The molecule has 0 aliphatic rings. The summed E-state index contributed by atoms with van der Waals surface area (Å²) in [5.41, 5.74) is 4.56. The zero-order valence-electron chi connectivity index (χ0n) is 20.2. The van der Waals surface area contributed by atoms with Gasteiger partial charge in [0.1, 0.15) is 22.8 Å². The summed E-state index contributed by atoms with van der Waals surface area (Å²) in [4.78, 5) is 17.5. The topological polar surface area (TPSA) is 74.0 Å². The van der Waals surface area contributed by atoms with Crippen LogP contribution in [-0.4, -0.2) is 32.3 Å². The number of para-hydroxylation sites is 1. The first kappa shape index (κ1) is 24.3. The molecule has 1 amide bonds. The second-order valence-electron chi connectivity index (χ2n) is 8.35. The Balaban J connectivity index is 1.56. The molecule has 2 aromatic carbocycles. The average Bonchev–Trinajstić information content (AvgIpc) is 3.39. The molecule has 0 aliphatic carbocycles. The van der Waals surface area contributed by atoms with Crippen LogP contribution in [0.25, 0.3) is 6.08 Å². The molecule has 0 saturated carbocycles. The molecule has 7 nitrogen and oxygen atoms in total. The van der Waals surface area contributed by atoms with Gasteiger partial charge in [0.05, 0.1) is 19.3 Å². The summed E-state index contributed by atoms with van der Waals surface area (Å²) in [5.74, 6) is 1.07. The minimum atomic E-state index is -0.496. The summed E-state index contributed by atoms with van der Waals surface area (Å²) >= 11 is 6.63. The van der Waals surface area contributed by atoms with Crippen LogP contribution < -0.4 is 10.1 Å². The largest absolute Gasteiger partial charge is 0.496 e. The lowest BCUT2D eigenvalue weighted by Crippen LogP contribution is -2.30. The first-order valence-corrected chi connectivity index (χ1v) is 11.6. The van der Waals surface area contributed by atoms with Crippen molar-refractivity contribution >= 4 is 23.6 Å². The van der Waals surface area contributed by atoms with Crippen molar-refractivity contribution in [1.29, 1.82) is 0 Å². The zero-order valence-corrected chi connectivity index (χ0v) is 21.0. The lowest BCUT2D eigenvalue weighted by Gasteiger charge is -2.20. The molecule has 0 bridgehead atoms. The van der Waals surface area contributed by atoms with E-state index in [9.17, 15) is 4.79 Å². The molecule has 8 heteroatoms. The Morgan fingerprint density at radius 2 is 1.91 bits per heavy atom. The summed E-state index contributed by atoms with van der Waals surface area (Å²) in [6, 6.07) is 15.3. The monoisotopic (exact) mass is 489 g/mol. The molecule has 180 valence electrons. The fourth-order valence-electron chi connectivity index (χ4n) is 3.92. The predicted molar refractivity (Wildman–Crippen MR) is 137 cm³/mol. The molecule has 1 unspecified atom stereocenters. The van der Waals surface area contributed by atoms with E-state index in [-0.39, 0.29) is 5.91 Å². The van der Waals surface area contributed by atoms with Crippen molar-refractivity contribution in [3.63, 3.8) is 0 Å². The van der Waals surface area contributed by atoms with Crippen LogP contribution >= 0.6 is 11.6 Å². The number of aryl methyl sites for hydroxylation is 3. The maximum absolute atomic E-state index is 13.0. The Kier molecular flexibility index (Phi) is 7.36. The maximum Gasteiger partial charge on any atom is 0.244 e. The first-order chi connectivity index (χ1) is 16.9. The summed E-state index contributed by atoms with van der Waals surface area (Å²) in [6.45, 7) is 4.48. The van der Waals surface area contributed by atoms with Crippen molar-refractivity contribution in [1.82, 2.24) is 24.6 Å². The van der Waals surface area contributed by atoms with Crippen molar-refractivity contribution in [2.24, 2.45) is 7.05 Å². The fraction of sp³-hybridized carbons (Fsp3) is 0.222. The number of amides is 1. The number of hydrogen-bond donors (Lipinski definition) is 1. The standard InChI is InChI=1S/C27H28ClN5O2/c1-18-9-11-20(12-10-18)17-33-26(28)21(19(2)31-33)13-14-24(34)30-25(27-29-15-16-32(27)3)22-7-5-6-8-23(22)35-4/h5-16,25H,17H2,1-4H3,(H,30,34)/b14-13+. The predicted octanol–water partition coefficient (Wildman–Crippen LogP) is 4.86. The van der Waals surface area contributed by atoms with Gasteiger partial charge in [0, 0.05) is 36.6 Å². The van der Waals surface area contributed by atoms with Gasteiger partial charge < -0.3 is 14.6 Å². The Morgan fingerprint density at radius 1 is 1.17 bits per heavy atom. The van der Waals surface area contributed by atoms with Crippen molar-refractivity contribution in [3.8, 4) is 5.75 Å². The molecule has 0 fully saturated rings. The van der Waals surface area contributed by atoms with E-state index in [0.29, 0.717) is 28.8 Å². The minimum Gasteiger partial charge on any atom is -0.496 e. The van der Waals surface area contributed by atoms with Crippen LogP contribution in [0.4, 0.5) is 0 Å². The second-order valence-corrected chi connectivity index (χ2v) is 8.70. The van der Waals surface area contributed by atoms with Crippen LogP contribution in [0.1, 0.15) is 39.8 Å². The number of imidazole rings is 1. The van der Waals surface area contributed by atoms with E-state index >= 15 is 0 Å². The molecule has 35 heavy (non-hydrogen) atoms. The van der Waals surface area contributed by atoms with E-state index in [4.69, 9.17) is 16.3 Å². The Morgan fingerprint density at radius 3 is 2.60 bits per heavy atom. The number of aromatic nitrogens is 4. The number of hydrogen-bond acceptors (Lipinski definition) is 4. The average molecular weight is 490 g/mol. The van der Waals surface area contributed by atoms with E-state index < -0.39 is 6.04 Å². The highest BCUT2D eigenvalue weighted by molar-refractivity contribution is 6.31. The summed E-state index contributed by atoms with van der Waals surface area (Å²) in [7, 11) is 3.49. The van der Waals surface area contributed by atoms with Gasteiger partial charge in [-0.25, -0.2) is 9.67 Å². The number of nitrogens with one attached hydrogen (secondary N) is 1. The molecule has 0 aliphatic heterocycles. The van der Waals surface area contributed by atoms with Crippen molar-refractivity contribution < 1.29 is 9.53 Å². The Hall–Kier alpha value is -3.84. The lowest BCUT2D eigenvalue weighted by atomic mass is 10.0. The highest BCUT2D eigenvalue weighted by Gasteiger charge is 2.23. The molecule has 2 aromatic heterocycles. The lowest BCUT2D eigenvalue weighted by molar-refractivity contribution is -0.117. The number of ether oxygens (including phenoxy) is 1. The molecule has 0 spiro atoms. The third-order valence-electron chi connectivity index (χ3n) is 5.82. The van der Waals surface area contributed by atoms with Crippen LogP contribution in [0.3, 0.4) is 0 Å². The number of carbonyl (C=O) groups is 1. The Bertz CT molecular complexity index is 1350. The number of nitrogens with zero attached hydrogens (tertiary/aromatic N) is 4. The summed E-state index contributed by atoms with van der Waals surface area (Å²) < 4.78 is 9.14. The number of benzene rings is 2. The number of halogens is 1. The molecular weight excluding hydrogens is 462 g/mol. The van der Waals surface area contributed by atoms with Crippen molar-refractivity contribution in [3.05, 3.63) is 106 Å². The fourth-order valence-corrected chi connectivity index (χ4v) is 4.22. The third kappa shape index (κ3) is 5.46. The molecule has 0 saturated heterocycles. The second kappa shape index (κ2) is 10.6. The van der Waals surface area contributed by atoms with Gasteiger partial charge in [0.15, 0.2) is 0 Å². The maximum atomic E-state index is 13.0. The molecule has 1 atom stereocenters. The van der Waals surface area contributed by atoms with E-state index in [1.807, 2.05) is 49.0 Å². The Labute approximate surface area is 210 Å². The van der Waals surface area contributed by atoms with Crippen LogP contribution in [0.5, 0.6) is 5.75 Å². The van der Waals surface area contributed by atoms with Gasteiger partial charge in [-0.3, -0.25) is 4.79 Å². The first-order valence-electron chi connectivity index (χ1n) is 11.2. The van der Waals surface area contributed by atoms with E-state index in [0.717, 1.165) is 16.8 Å².